The van der Waals surface area contributed by atoms with Crippen molar-refractivity contribution in [3.63, 3.8) is 0 Å². The van der Waals surface area contributed by atoms with Crippen molar-refractivity contribution in [2.45, 2.75) is 26.8 Å². The van der Waals surface area contributed by atoms with Crippen molar-refractivity contribution in [2.75, 3.05) is 42.9 Å². The van der Waals surface area contributed by atoms with Gasteiger partial charge in [0.2, 0.25) is 5.82 Å². The van der Waals surface area contributed by atoms with E-state index in [2.05, 4.69) is 29.0 Å². The maximum Gasteiger partial charge on any atom is 0.311 e. The molecule has 0 radical (unpaired) electrons. The molecule has 7 nitrogen and oxygen atoms in total. The number of hydrogen-bond donors (Lipinski definition) is 1. The van der Waals surface area contributed by atoms with E-state index < -0.39 is 0 Å². The van der Waals surface area contributed by atoms with E-state index in [0.29, 0.717) is 17.7 Å². The highest BCUT2D eigenvalue weighted by atomic mass is 16.6. The van der Waals surface area contributed by atoms with Gasteiger partial charge < -0.3 is 10.2 Å². The first kappa shape index (κ1) is 15.5. The summed E-state index contributed by atoms with van der Waals surface area (Å²) >= 11 is 0. The van der Waals surface area contributed by atoms with Crippen LogP contribution in [-0.4, -0.2) is 53.6 Å². The van der Waals surface area contributed by atoms with E-state index in [1.807, 2.05) is 11.8 Å². The Balaban J connectivity index is 2.28. The van der Waals surface area contributed by atoms with Crippen molar-refractivity contribution >= 4 is 17.3 Å². The number of nitrogens with zero attached hydrogens (tertiary/aromatic N) is 4. The maximum atomic E-state index is 11.2. The molecule has 1 saturated heterocycles. The van der Waals surface area contributed by atoms with E-state index in [1.165, 1.54) is 6.07 Å². The standard InChI is InChI=1S/C14H23N5O2/c1-4-15-13-7-6-12(19(20)21)14(16-13)18-9-8-17(5-2)11(3)10-18/h6-7,11H,4-5,8-10H2,1-3H3,(H,15,16). The minimum atomic E-state index is -0.352. The monoisotopic (exact) mass is 293 g/mol. The minimum absolute atomic E-state index is 0.0776. The van der Waals surface area contributed by atoms with E-state index in [-0.39, 0.29) is 10.6 Å². The maximum absolute atomic E-state index is 11.2. The molecular weight excluding hydrogens is 270 g/mol. The van der Waals surface area contributed by atoms with Gasteiger partial charge in [0.25, 0.3) is 0 Å². The van der Waals surface area contributed by atoms with Gasteiger partial charge in [-0.25, -0.2) is 4.98 Å². The number of rotatable bonds is 5. The molecule has 116 valence electrons. The third-order valence-corrected chi connectivity index (χ3v) is 3.88. The van der Waals surface area contributed by atoms with E-state index in [1.54, 1.807) is 6.07 Å². The topological polar surface area (TPSA) is 74.5 Å². The Labute approximate surface area is 125 Å². The zero-order valence-electron chi connectivity index (χ0n) is 12.9. The summed E-state index contributed by atoms with van der Waals surface area (Å²) in [5, 5.41) is 14.4. The molecule has 0 spiro atoms. The number of nitrogens with one attached hydrogen (secondary N) is 1. The molecule has 0 aliphatic carbocycles. The Morgan fingerprint density at radius 1 is 1.43 bits per heavy atom. The van der Waals surface area contributed by atoms with Gasteiger partial charge in [-0.1, -0.05) is 6.92 Å². The lowest BCUT2D eigenvalue weighted by molar-refractivity contribution is -0.384. The molecule has 1 unspecified atom stereocenters. The van der Waals surface area contributed by atoms with Crippen LogP contribution in [0.4, 0.5) is 17.3 Å². The number of anilines is 2. The van der Waals surface area contributed by atoms with Crippen LogP contribution in [0.5, 0.6) is 0 Å². The van der Waals surface area contributed by atoms with Gasteiger partial charge in [0.1, 0.15) is 5.82 Å². The average molecular weight is 293 g/mol. The highest BCUT2D eigenvalue weighted by molar-refractivity contribution is 5.62. The van der Waals surface area contributed by atoms with Crippen LogP contribution in [0.25, 0.3) is 0 Å². The fourth-order valence-electron chi connectivity index (χ4n) is 2.75. The average Bonchev–Trinajstić information content (AvgIpc) is 2.47. The predicted octanol–water partition coefficient (Wildman–Crippen LogP) is 1.95. The zero-order valence-corrected chi connectivity index (χ0v) is 12.9. The quantitative estimate of drug-likeness (QED) is 0.660. The first-order valence-corrected chi connectivity index (χ1v) is 7.45. The summed E-state index contributed by atoms with van der Waals surface area (Å²) in [4.78, 5) is 19.7. The first-order valence-electron chi connectivity index (χ1n) is 7.45. The SMILES string of the molecule is CCNc1ccc([N+](=O)[O-])c(N2CCN(CC)C(C)C2)n1. The third-order valence-electron chi connectivity index (χ3n) is 3.88. The van der Waals surface area contributed by atoms with Crippen LogP contribution >= 0.6 is 0 Å². The van der Waals surface area contributed by atoms with Gasteiger partial charge in [0.15, 0.2) is 0 Å². The molecule has 0 aromatic carbocycles. The Bertz CT molecular complexity index is 508. The Kier molecular flexibility index (Phi) is 4.95. The number of likely N-dealkylation sites (N-methyl/N-ethyl adjacent to an activating group) is 1. The molecule has 2 heterocycles. The number of piperazine rings is 1. The molecule has 1 aromatic rings. The smallest absolute Gasteiger partial charge is 0.311 e. The fourth-order valence-corrected chi connectivity index (χ4v) is 2.75. The summed E-state index contributed by atoms with van der Waals surface area (Å²) in [6.45, 7) is 10.4. The molecule has 1 atom stereocenters. The second-order valence-electron chi connectivity index (χ2n) is 5.25. The van der Waals surface area contributed by atoms with Crippen LogP contribution in [0.2, 0.25) is 0 Å². The molecule has 2 rings (SSSR count). The van der Waals surface area contributed by atoms with Gasteiger partial charge >= 0.3 is 5.69 Å². The van der Waals surface area contributed by atoms with Crippen LogP contribution < -0.4 is 10.2 Å². The summed E-state index contributed by atoms with van der Waals surface area (Å²) in [7, 11) is 0. The highest BCUT2D eigenvalue weighted by Gasteiger charge is 2.28. The zero-order chi connectivity index (χ0) is 15.4. The lowest BCUT2D eigenvalue weighted by Crippen LogP contribution is -2.52. The van der Waals surface area contributed by atoms with Gasteiger partial charge in [-0.05, 0) is 26.5 Å². The van der Waals surface area contributed by atoms with Gasteiger partial charge in [0, 0.05) is 38.3 Å². The summed E-state index contributed by atoms with van der Waals surface area (Å²) in [5.74, 6) is 1.16. The Morgan fingerprint density at radius 3 is 2.76 bits per heavy atom. The van der Waals surface area contributed by atoms with Crippen LogP contribution in [0.1, 0.15) is 20.8 Å². The number of hydrogen-bond acceptors (Lipinski definition) is 6. The summed E-state index contributed by atoms with van der Waals surface area (Å²) in [6, 6.07) is 3.57. The van der Waals surface area contributed by atoms with Crippen LogP contribution in [0.3, 0.4) is 0 Å². The number of nitro groups is 1. The van der Waals surface area contributed by atoms with Crippen LogP contribution in [0.15, 0.2) is 12.1 Å². The van der Waals surface area contributed by atoms with Gasteiger partial charge in [-0.2, -0.15) is 0 Å². The molecule has 0 amide bonds. The molecule has 1 aliphatic heterocycles. The van der Waals surface area contributed by atoms with E-state index in [9.17, 15) is 10.1 Å². The second-order valence-corrected chi connectivity index (χ2v) is 5.25. The minimum Gasteiger partial charge on any atom is -0.370 e. The van der Waals surface area contributed by atoms with Crippen molar-refractivity contribution in [1.82, 2.24) is 9.88 Å². The van der Waals surface area contributed by atoms with Crippen molar-refractivity contribution in [2.24, 2.45) is 0 Å². The van der Waals surface area contributed by atoms with Gasteiger partial charge in [-0.3, -0.25) is 15.0 Å². The first-order chi connectivity index (χ1) is 10.1. The van der Waals surface area contributed by atoms with Gasteiger partial charge in [0.05, 0.1) is 4.92 Å². The van der Waals surface area contributed by atoms with Crippen molar-refractivity contribution in [3.05, 3.63) is 22.2 Å². The van der Waals surface area contributed by atoms with E-state index in [4.69, 9.17) is 0 Å². The molecule has 1 aliphatic rings. The molecule has 1 aromatic heterocycles. The lowest BCUT2D eigenvalue weighted by Gasteiger charge is -2.39. The van der Waals surface area contributed by atoms with Crippen molar-refractivity contribution < 1.29 is 4.92 Å². The number of aromatic nitrogens is 1. The number of pyridine rings is 1. The second kappa shape index (κ2) is 6.71. The van der Waals surface area contributed by atoms with Crippen LogP contribution in [-0.2, 0) is 0 Å². The molecule has 7 heteroatoms. The van der Waals surface area contributed by atoms with E-state index in [0.717, 1.165) is 32.7 Å². The molecule has 0 saturated carbocycles. The van der Waals surface area contributed by atoms with Crippen molar-refractivity contribution in [3.8, 4) is 0 Å². The fraction of sp³-hybridized carbons (Fsp3) is 0.643. The molecule has 1 fully saturated rings. The normalized spacial score (nSPS) is 19.6. The Hall–Kier alpha value is -1.89. The third kappa shape index (κ3) is 3.41. The molecule has 1 N–H and O–H groups in total. The summed E-state index contributed by atoms with van der Waals surface area (Å²) < 4.78 is 0. The Morgan fingerprint density at radius 2 is 2.19 bits per heavy atom. The van der Waals surface area contributed by atoms with Crippen molar-refractivity contribution in [1.29, 1.82) is 0 Å². The molecule has 21 heavy (non-hydrogen) atoms. The highest BCUT2D eigenvalue weighted by Crippen LogP contribution is 2.29. The molecular formula is C14H23N5O2. The summed E-state index contributed by atoms with van der Waals surface area (Å²) in [6.07, 6.45) is 0. The largest absolute Gasteiger partial charge is 0.370 e. The van der Waals surface area contributed by atoms with Crippen LogP contribution in [0, 0.1) is 10.1 Å². The predicted molar refractivity (Wildman–Crippen MR) is 84.0 cm³/mol. The summed E-state index contributed by atoms with van der Waals surface area (Å²) in [5.41, 5.74) is 0.0776. The molecule has 0 bridgehead atoms. The van der Waals surface area contributed by atoms with Gasteiger partial charge in [-0.15, -0.1) is 0 Å². The lowest BCUT2D eigenvalue weighted by atomic mass is 10.2. The van der Waals surface area contributed by atoms with E-state index >= 15 is 0 Å².